The summed E-state index contributed by atoms with van der Waals surface area (Å²) in [6.45, 7) is 4.12. The van der Waals surface area contributed by atoms with Crippen molar-refractivity contribution in [3.63, 3.8) is 0 Å². The van der Waals surface area contributed by atoms with Crippen molar-refractivity contribution in [3.05, 3.63) is 34.9 Å². The van der Waals surface area contributed by atoms with Crippen LogP contribution in [0.15, 0.2) is 18.2 Å². The van der Waals surface area contributed by atoms with Crippen LogP contribution in [0.1, 0.15) is 21.5 Å². The number of ether oxygens (including phenoxy) is 1. The van der Waals surface area contributed by atoms with Gasteiger partial charge in [-0.15, -0.1) is 0 Å². The summed E-state index contributed by atoms with van der Waals surface area (Å²) in [5.74, 6) is -0.0574. The minimum Gasteiger partial charge on any atom is -0.383 e. The number of aryl methyl sites for hydroxylation is 2. The van der Waals surface area contributed by atoms with Gasteiger partial charge in [0.05, 0.1) is 12.6 Å². The van der Waals surface area contributed by atoms with Crippen LogP contribution in [0, 0.1) is 13.8 Å². The van der Waals surface area contributed by atoms with E-state index < -0.39 is 6.04 Å². The molecule has 1 atom stereocenters. The van der Waals surface area contributed by atoms with E-state index in [-0.39, 0.29) is 12.4 Å². The monoisotopic (exact) mass is 207 g/mol. The number of carbonyl (C=O) groups is 1. The van der Waals surface area contributed by atoms with Gasteiger partial charge in [0.15, 0.2) is 5.78 Å². The molecule has 0 bridgehead atoms. The molecule has 0 fully saturated rings. The van der Waals surface area contributed by atoms with E-state index in [9.17, 15) is 4.79 Å². The molecule has 0 radical (unpaired) electrons. The van der Waals surface area contributed by atoms with Crippen LogP contribution in [0.3, 0.4) is 0 Å². The lowest BCUT2D eigenvalue weighted by atomic mass is 9.98. The SMILES string of the molecule is COCC(N)C(=O)c1cc(C)ccc1C. The lowest BCUT2D eigenvalue weighted by Crippen LogP contribution is -2.35. The highest BCUT2D eigenvalue weighted by Crippen LogP contribution is 2.12. The maximum absolute atomic E-state index is 11.9. The number of ketones is 1. The molecule has 0 aliphatic rings. The average Bonchev–Trinajstić information content (AvgIpc) is 2.21. The molecular formula is C12H17NO2. The van der Waals surface area contributed by atoms with E-state index >= 15 is 0 Å². The Labute approximate surface area is 90.2 Å². The molecule has 3 nitrogen and oxygen atoms in total. The van der Waals surface area contributed by atoms with Gasteiger partial charge in [0, 0.05) is 12.7 Å². The van der Waals surface area contributed by atoms with Crippen molar-refractivity contribution >= 4 is 5.78 Å². The van der Waals surface area contributed by atoms with Crippen LogP contribution >= 0.6 is 0 Å². The second kappa shape index (κ2) is 5.05. The molecule has 2 N–H and O–H groups in total. The summed E-state index contributed by atoms with van der Waals surface area (Å²) in [7, 11) is 1.54. The normalized spacial score (nSPS) is 12.5. The first-order valence-corrected chi connectivity index (χ1v) is 4.92. The number of rotatable bonds is 4. The molecule has 0 aliphatic heterocycles. The van der Waals surface area contributed by atoms with Crippen LogP contribution in [-0.2, 0) is 4.74 Å². The number of benzene rings is 1. The Hall–Kier alpha value is -1.19. The third-order valence-corrected chi connectivity index (χ3v) is 2.34. The summed E-state index contributed by atoms with van der Waals surface area (Å²) >= 11 is 0. The van der Waals surface area contributed by atoms with Gasteiger partial charge >= 0.3 is 0 Å². The highest BCUT2D eigenvalue weighted by atomic mass is 16.5. The Bertz CT molecular complexity index is 361. The van der Waals surface area contributed by atoms with Crippen molar-refractivity contribution in [2.75, 3.05) is 13.7 Å². The van der Waals surface area contributed by atoms with Crippen molar-refractivity contribution in [3.8, 4) is 0 Å². The van der Waals surface area contributed by atoms with Gasteiger partial charge in [0.2, 0.25) is 0 Å². The summed E-state index contributed by atoms with van der Waals surface area (Å²) < 4.78 is 4.87. The second-order valence-electron chi connectivity index (χ2n) is 3.74. The number of hydrogen-bond acceptors (Lipinski definition) is 3. The molecule has 82 valence electrons. The van der Waals surface area contributed by atoms with Gasteiger partial charge in [0.25, 0.3) is 0 Å². The van der Waals surface area contributed by atoms with E-state index in [4.69, 9.17) is 10.5 Å². The summed E-state index contributed by atoms with van der Waals surface area (Å²) in [6.07, 6.45) is 0. The molecule has 3 heteroatoms. The fourth-order valence-corrected chi connectivity index (χ4v) is 1.46. The van der Waals surface area contributed by atoms with Crippen molar-refractivity contribution < 1.29 is 9.53 Å². The van der Waals surface area contributed by atoms with Crippen LogP contribution < -0.4 is 5.73 Å². The molecule has 1 aromatic rings. The van der Waals surface area contributed by atoms with Crippen LogP contribution in [0.4, 0.5) is 0 Å². The Kier molecular flexibility index (Phi) is 4.00. The third-order valence-electron chi connectivity index (χ3n) is 2.34. The van der Waals surface area contributed by atoms with Gasteiger partial charge in [-0.25, -0.2) is 0 Å². The van der Waals surface area contributed by atoms with Crippen molar-refractivity contribution in [2.45, 2.75) is 19.9 Å². The lowest BCUT2D eigenvalue weighted by molar-refractivity contribution is 0.0891. The number of methoxy groups -OCH3 is 1. The van der Waals surface area contributed by atoms with Gasteiger partial charge in [-0.05, 0) is 25.5 Å². The van der Waals surface area contributed by atoms with E-state index in [1.54, 1.807) is 0 Å². The summed E-state index contributed by atoms with van der Waals surface area (Å²) in [5, 5.41) is 0. The smallest absolute Gasteiger partial charge is 0.182 e. The Morgan fingerprint density at radius 1 is 1.47 bits per heavy atom. The zero-order valence-corrected chi connectivity index (χ0v) is 9.41. The highest BCUT2D eigenvalue weighted by molar-refractivity contribution is 6.01. The fourth-order valence-electron chi connectivity index (χ4n) is 1.46. The largest absolute Gasteiger partial charge is 0.383 e. The minimum absolute atomic E-state index is 0.0574. The summed E-state index contributed by atoms with van der Waals surface area (Å²) in [5.41, 5.74) is 8.42. The van der Waals surface area contributed by atoms with E-state index in [1.165, 1.54) is 7.11 Å². The summed E-state index contributed by atoms with van der Waals surface area (Å²) in [4.78, 5) is 11.9. The molecule has 1 unspecified atom stereocenters. The molecule has 0 heterocycles. The zero-order chi connectivity index (χ0) is 11.4. The van der Waals surface area contributed by atoms with Gasteiger partial charge in [-0.1, -0.05) is 17.7 Å². The topological polar surface area (TPSA) is 52.3 Å². The first-order chi connectivity index (χ1) is 7.06. The molecule has 0 saturated heterocycles. The number of Topliss-reactive ketones (excluding diaryl/α,β-unsaturated/α-hetero) is 1. The lowest BCUT2D eigenvalue weighted by Gasteiger charge is -2.11. The molecule has 15 heavy (non-hydrogen) atoms. The van der Waals surface area contributed by atoms with E-state index in [2.05, 4.69) is 0 Å². The maximum atomic E-state index is 11.9. The standard InChI is InChI=1S/C12H17NO2/c1-8-4-5-9(2)10(6-8)12(14)11(13)7-15-3/h4-6,11H,7,13H2,1-3H3. The Morgan fingerprint density at radius 3 is 2.73 bits per heavy atom. The molecule has 0 amide bonds. The highest BCUT2D eigenvalue weighted by Gasteiger charge is 2.17. The van der Waals surface area contributed by atoms with Gasteiger partial charge in [-0.3, -0.25) is 4.79 Å². The molecule has 0 saturated carbocycles. The average molecular weight is 207 g/mol. The van der Waals surface area contributed by atoms with Crippen molar-refractivity contribution in [1.82, 2.24) is 0 Å². The summed E-state index contributed by atoms with van der Waals surface area (Å²) in [6, 6.07) is 5.21. The minimum atomic E-state index is -0.574. The predicted octanol–water partition coefficient (Wildman–Crippen LogP) is 1.46. The fraction of sp³-hybridized carbons (Fsp3) is 0.417. The van der Waals surface area contributed by atoms with Crippen molar-refractivity contribution in [1.29, 1.82) is 0 Å². The quantitative estimate of drug-likeness (QED) is 0.760. The van der Waals surface area contributed by atoms with E-state index in [0.29, 0.717) is 5.56 Å². The van der Waals surface area contributed by atoms with Crippen LogP contribution in [0.25, 0.3) is 0 Å². The van der Waals surface area contributed by atoms with E-state index in [1.807, 2.05) is 32.0 Å². The van der Waals surface area contributed by atoms with Crippen LogP contribution in [0.2, 0.25) is 0 Å². The first kappa shape index (κ1) is 11.9. The van der Waals surface area contributed by atoms with Gasteiger partial charge < -0.3 is 10.5 Å². The Morgan fingerprint density at radius 2 is 2.13 bits per heavy atom. The maximum Gasteiger partial charge on any atom is 0.182 e. The van der Waals surface area contributed by atoms with Crippen LogP contribution in [0.5, 0.6) is 0 Å². The molecule has 0 aromatic heterocycles. The molecule has 0 spiro atoms. The second-order valence-corrected chi connectivity index (χ2v) is 3.74. The predicted molar refractivity (Wildman–Crippen MR) is 60.1 cm³/mol. The number of nitrogens with two attached hydrogens (primary N) is 1. The van der Waals surface area contributed by atoms with Crippen LogP contribution in [-0.4, -0.2) is 25.5 Å². The third kappa shape index (κ3) is 2.88. The van der Waals surface area contributed by atoms with E-state index in [0.717, 1.165) is 11.1 Å². The van der Waals surface area contributed by atoms with Gasteiger partial charge in [-0.2, -0.15) is 0 Å². The molecule has 1 rings (SSSR count). The number of hydrogen-bond donors (Lipinski definition) is 1. The van der Waals surface area contributed by atoms with Gasteiger partial charge in [0.1, 0.15) is 0 Å². The first-order valence-electron chi connectivity index (χ1n) is 4.92. The number of carbonyl (C=O) groups excluding carboxylic acids is 1. The molecular weight excluding hydrogens is 190 g/mol. The zero-order valence-electron chi connectivity index (χ0n) is 9.41. The molecule has 0 aliphatic carbocycles. The molecule has 1 aromatic carbocycles. The Balaban J connectivity index is 2.95. The van der Waals surface area contributed by atoms with Crippen molar-refractivity contribution in [2.24, 2.45) is 5.73 Å².